The molecule has 1 fully saturated rings. The minimum absolute atomic E-state index is 0.0249. The Bertz CT molecular complexity index is 724. The highest BCUT2D eigenvalue weighted by Gasteiger charge is 2.41. The summed E-state index contributed by atoms with van der Waals surface area (Å²) in [4.78, 5) is 0.0405. The molecule has 1 heterocycles. The average molecular weight is 292 g/mol. The summed E-state index contributed by atoms with van der Waals surface area (Å²) in [6, 6.07) is 9.81. The second-order valence-corrected chi connectivity index (χ2v) is 6.72. The lowest BCUT2D eigenvalue weighted by Gasteiger charge is -2.05. The third-order valence-electron chi connectivity index (χ3n) is 3.44. The molecule has 1 aliphatic carbocycles. The standard InChI is InChI=1S/C13H16N4O2S/c1-17-8-12(13(14)15-17)20(18,19)16-11-7-10(11)9-5-3-2-4-6-9/h2-6,8,10-11,16H,7H2,1H3,(H2,14,15). The molecule has 1 saturated carbocycles. The Hall–Kier alpha value is -1.86. The molecule has 2 unspecified atom stereocenters. The second kappa shape index (κ2) is 4.60. The normalized spacial score (nSPS) is 21.9. The van der Waals surface area contributed by atoms with Crippen molar-refractivity contribution in [3.8, 4) is 0 Å². The van der Waals surface area contributed by atoms with E-state index in [4.69, 9.17) is 5.73 Å². The fraction of sp³-hybridized carbons (Fsp3) is 0.308. The summed E-state index contributed by atoms with van der Waals surface area (Å²) in [6.07, 6.45) is 2.22. The van der Waals surface area contributed by atoms with Crippen molar-refractivity contribution in [2.24, 2.45) is 7.05 Å². The number of rotatable bonds is 4. The van der Waals surface area contributed by atoms with Crippen LogP contribution in [0.15, 0.2) is 41.4 Å². The van der Waals surface area contributed by atoms with Gasteiger partial charge in [-0.3, -0.25) is 4.68 Å². The Morgan fingerprint density at radius 3 is 2.65 bits per heavy atom. The van der Waals surface area contributed by atoms with Crippen molar-refractivity contribution in [3.05, 3.63) is 42.1 Å². The fourth-order valence-corrected chi connectivity index (χ4v) is 3.74. The number of sulfonamides is 1. The van der Waals surface area contributed by atoms with E-state index < -0.39 is 10.0 Å². The predicted octanol–water partition coefficient (Wildman–Crippen LogP) is 0.837. The van der Waals surface area contributed by atoms with Gasteiger partial charge in [0.25, 0.3) is 0 Å². The topological polar surface area (TPSA) is 90.0 Å². The number of anilines is 1. The smallest absolute Gasteiger partial charge is 0.246 e. The molecule has 20 heavy (non-hydrogen) atoms. The van der Waals surface area contributed by atoms with E-state index in [1.165, 1.54) is 10.9 Å². The first-order chi connectivity index (χ1) is 9.47. The fourth-order valence-electron chi connectivity index (χ4n) is 2.35. The van der Waals surface area contributed by atoms with E-state index in [-0.39, 0.29) is 22.7 Å². The van der Waals surface area contributed by atoms with Gasteiger partial charge < -0.3 is 5.73 Å². The Balaban J connectivity index is 1.75. The van der Waals surface area contributed by atoms with Gasteiger partial charge in [-0.2, -0.15) is 5.10 Å². The molecule has 0 amide bonds. The molecule has 0 aliphatic heterocycles. The molecule has 0 spiro atoms. The van der Waals surface area contributed by atoms with Crippen LogP contribution in [-0.4, -0.2) is 24.2 Å². The summed E-state index contributed by atoms with van der Waals surface area (Å²) in [7, 11) is -1.97. The number of hydrogen-bond acceptors (Lipinski definition) is 4. The van der Waals surface area contributed by atoms with Crippen molar-refractivity contribution in [2.45, 2.75) is 23.3 Å². The molecule has 7 heteroatoms. The van der Waals surface area contributed by atoms with Gasteiger partial charge in [-0.25, -0.2) is 13.1 Å². The molecule has 6 nitrogen and oxygen atoms in total. The van der Waals surface area contributed by atoms with E-state index in [0.717, 1.165) is 12.0 Å². The molecule has 2 aromatic rings. The van der Waals surface area contributed by atoms with Gasteiger partial charge >= 0.3 is 0 Å². The van der Waals surface area contributed by atoms with Crippen LogP contribution in [0.4, 0.5) is 5.82 Å². The highest BCUT2D eigenvalue weighted by atomic mass is 32.2. The van der Waals surface area contributed by atoms with Gasteiger partial charge in [0.05, 0.1) is 0 Å². The number of aryl methyl sites for hydroxylation is 1. The monoisotopic (exact) mass is 292 g/mol. The predicted molar refractivity (Wildman–Crippen MR) is 75.5 cm³/mol. The number of nitrogens with two attached hydrogens (primary N) is 1. The van der Waals surface area contributed by atoms with Crippen molar-refractivity contribution >= 4 is 15.8 Å². The number of aromatic nitrogens is 2. The third kappa shape index (κ3) is 2.41. The Morgan fingerprint density at radius 2 is 2.05 bits per heavy atom. The number of nitrogen functional groups attached to an aromatic ring is 1. The van der Waals surface area contributed by atoms with E-state index in [0.29, 0.717) is 0 Å². The van der Waals surface area contributed by atoms with Crippen molar-refractivity contribution in [3.63, 3.8) is 0 Å². The van der Waals surface area contributed by atoms with Crippen LogP contribution in [0.25, 0.3) is 0 Å². The largest absolute Gasteiger partial charge is 0.381 e. The maximum Gasteiger partial charge on any atom is 0.246 e. The zero-order valence-corrected chi connectivity index (χ0v) is 11.8. The van der Waals surface area contributed by atoms with Gasteiger partial charge in [0, 0.05) is 25.2 Å². The van der Waals surface area contributed by atoms with Crippen LogP contribution in [0.5, 0.6) is 0 Å². The summed E-state index contributed by atoms with van der Waals surface area (Å²) >= 11 is 0. The van der Waals surface area contributed by atoms with Crippen molar-refractivity contribution in [1.82, 2.24) is 14.5 Å². The molecule has 0 radical (unpaired) electrons. The molecule has 3 rings (SSSR count). The summed E-state index contributed by atoms with van der Waals surface area (Å²) in [5, 5.41) is 3.86. The highest BCUT2D eigenvalue weighted by Crippen LogP contribution is 2.41. The molecule has 0 saturated heterocycles. The number of nitrogens with one attached hydrogen (secondary N) is 1. The van der Waals surface area contributed by atoms with Gasteiger partial charge in [0.15, 0.2) is 5.82 Å². The minimum Gasteiger partial charge on any atom is -0.381 e. The van der Waals surface area contributed by atoms with Gasteiger partial charge in [-0.15, -0.1) is 0 Å². The van der Waals surface area contributed by atoms with Crippen LogP contribution >= 0.6 is 0 Å². The van der Waals surface area contributed by atoms with Gasteiger partial charge in [0.1, 0.15) is 4.90 Å². The van der Waals surface area contributed by atoms with Crippen LogP contribution in [0, 0.1) is 0 Å². The molecular formula is C13H16N4O2S. The zero-order chi connectivity index (χ0) is 14.3. The van der Waals surface area contributed by atoms with E-state index >= 15 is 0 Å². The van der Waals surface area contributed by atoms with Gasteiger partial charge in [-0.1, -0.05) is 30.3 Å². The SMILES string of the molecule is Cn1cc(S(=O)(=O)NC2CC2c2ccccc2)c(N)n1. The average Bonchev–Trinajstić information content (AvgIpc) is 3.06. The zero-order valence-electron chi connectivity index (χ0n) is 11.0. The molecule has 1 aromatic heterocycles. The Morgan fingerprint density at radius 1 is 1.35 bits per heavy atom. The van der Waals surface area contributed by atoms with Crippen LogP contribution in [-0.2, 0) is 17.1 Å². The highest BCUT2D eigenvalue weighted by molar-refractivity contribution is 7.89. The lowest BCUT2D eigenvalue weighted by molar-refractivity contribution is 0.580. The van der Waals surface area contributed by atoms with Crippen LogP contribution < -0.4 is 10.5 Å². The summed E-state index contributed by atoms with van der Waals surface area (Å²) < 4.78 is 28.6. The number of benzene rings is 1. The van der Waals surface area contributed by atoms with E-state index in [9.17, 15) is 8.42 Å². The summed E-state index contributed by atoms with van der Waals surface area (Å²) in [6.45, 7) is 0. The molecule has 3 N–H and O–H groups in total. The third-order valence-corrected chi connectivity index (χ3v) is 4.94. The van der Waals surface area contributed by atoms with Crippen molar-refractivity contribution in [1.29, 1.82) is 0 Å². The van der Waals surface area contributed by atoms with Crippen molar-refractivity contribution in [2.75, 3.05) is 5.73 Å². The molecule has 1 aliphatic rings. The summed E-state index contributed by atoms with van der Waals surface area (Å²) in [5.74, 6) is 0.265. The molecule has 106 valence electrons. The van der Waals surface area contributed by atoms with Crippen LogP contribution in [0.2, 0.25) is 0 Å². The minimum atomic E-state index is -3.61. The maximum atomic E-state index is 12.2. The molecule has 2 atom stereocenters. The molecule has 1 aromatic carbocycles. The quantitative estimate of drug-likeness (QED) is 0.873. The lowest BCUT2D eigenvalue weighted by atomic mass is 10.1. The molecule has 0 bridgehead atoms. The first-order valence-corrected chi connectivity index (χ1v) is 7.82. The number of hydrogen-bond donors (Lipinski definition) is 2. The Labute approximate surface area is 117 Å². The van der Waals surface area contributed by atoms with Gasteiger partial charge in [-0.05, 0) is 12.0 Å². The second-order valence-electron chi connectivity index (χ2n) is 5.03. The summed E-state index contributed by atoms with van der Waals surface area (Å²) in [5.41, 5.74) is 6.77. The lowest BCUT2D eigenvalue weighted by Crippen LogP contribution is -2.27. The number of nitrogens with zero attached hydrogens (tertiary/aromatic N) is 2. The Kier molecular flexibility index (Phi) is 3.02. The van der Waals surface area contributed by atoms with E-state index in [1.54, 1.807) is 7.05 Å². The van der Waals surface area contributed by atoms with Crippen molar-refractivity contribution < 1.29 is 8.42 Å². The van der Waals surface area contributed by atoms with Crippen LogP contribution in [0.3, 0.4) is 0 Å². The van der Waals surface area contributed by atoms with E-state index in [2.05, 4.69) is 9.82 Å². The first kappa shape index (κ1) is 13.1. The first-order valence-electron chi connectivity index (χ1n) is 6.34. The molecular weight excluding hydrogens is 276 g/mol. The van der Waals surface area contributed by atoms with E-state index in [1.807, 2.05) is 30.3 Å². The van der Waals surface area contributed by atoms with Gasteiger partial charge in [0.2, 0.25) is 10.0 Å². The maximum absolute atomic E-state index is 12.2. The van der Waals surface area contributed by atoms with Crippen LogP contribution in [0.1, 0.15) is 17.9 Å².